The zero-order valence-electron chi connectivity index (χ0n) is 18.0. The van der Waals surface area contributed by atoms with Gasteiger partial charge >= 0.3 is 0 Å². The lowest BCUT2D eigenvalue weighted by atomic mass is 10.1. The smallest absolute Gasteiger partial charge is 0.264 e. The Bertz CT molecular complexity index is 1310. The predicted molar refractivity (Wildman–Crippen MR) is 122 cm³/mol. The Morgan fingerprint density at radius 1 is 0.938 bits per heavy atom. The molecule has 4 rings (SSSR count). The molecule has 0 atom stereocenters. The fraction of sp³-hybridized carbons (Fsp3) is 0.167. The van der Waals surface area contributed by atoms with Crippen molar-refractivity contribution in [2.24, 2.45) is 0 Å². The molecule has 0 saturated heterocycles. The van der Waals surface area contributed by atoms with Crippen LogP contribution in [0.5, 0.6) is 5.75 Å². The summed E-state index contributed by atoms with van der Waals surface area (Å²) in [7, 11) is -2.33. The fourth-order valence-corrected chi connectivity index (χ4v) is 4.69. The Hall–Kier alpha value is -3.65. The van der Waals surface area contributed by atoms with E-state index in [2.05, 4.69) is 10.1 Å². The Balaban J connectivity index is 1.73. The maximum Gasteiger partial charge on any atom is 0.264 e. The molecule has 0 radical (unpaired) electrons. The predicted octanol–water partition coefficient (Wildman–Crippen LogP) is 4.76. The van der Waals surface area contributed by atoms with Gasteiger partial charge < -0.3 is 9.26 Å². The minimum atomic E-state index is -3.89. The van der Waals surface area contributed by atoms with Gasteiger partial charge in [-0.15, -0.1) is 0 Å². The van der Waals surface area contributed by atoms with E-state index in [1.807, 2.05) is 38.1 Å². The monoisotopic (exact) mass is 449 g/mol. The molecular formula is C24H23N3O4S. The van der Waals surface area contributed by atoms with E-state index < -0.39 is 10.0 Å². The van der Waals surface area contributed by atoms with Gasteiger partial charge in [0.15, 0.2) is 0 Å². The van der Waals surface area contributed by atoms with Crippen molar-refractivity contribution in [1.82, 2.24) is 10.1 Å². The maximum atomic E-state index is 13.5. The van der Waals surface area contributed by atoms with Crippen molar-refractivity contribution in [1.29, 1.82) is 0 Å². The molecule has 32 heavy (non-hydrogen) atoms. The SMILES string of the molecule is COc1ccc(N(Cc2nc(-c3ccccc3C)no2)S(=O)(=O)c2ccc(C)cc2)cc1. The molecule has 0 saturated carbocycles. The van der Waals surface area contributed by atoms with Gasteiger partial charge in [0.25, 0.3) is 10.0 Å². The van der Waals surface area contributed by atoms with Crippen LogP contribution in [-0.2, 0) is 16.6 Å². The van der Waals surface area contributed by atoms with Gasteiger partial charge in [0.2, 0.25) is 11.7 Å². The van der Waals surface area contributed by atoms with Crippen LogP contribution in [0.15, 0.2) is 82.2 Å². The standard InChI is InChI=1S/C24H23N3O4S/c1-17-8-14-21(15-9-17)32(28,29)27(19-10-12-20(30-3)13-11-19)16-23-25-24(26-31-23)22-7-5-4-6-18(22)2/h4-15H,16H2,1-3H3. The van der Waals surface area contributed by atoms with E-state index in [0.717, 1.165) is 16.7 Å². The molecule has 7 nitrogen and oxygen atoms in total. The van der Waals surface area contributed by atoms with E-state index in [1.54, 1.807) is 55.6 Å². The third-order valence-corrected chi connectivity index (χ3v) is 6.89. The summed E-state index contributed by atoms with van der Waals surface area (Å²) in [6.07, 6.45) is 0. The number of aromatic nitrogens is 2. The van der Waals surface area contributed by atoms with Crippen LogP contribution in [0.4, 0.5) is 5.69 Å². The third-order valence-electron chi connectivity index (χ3n) is 5.10. The van der Waals surface area contributed by atoms with Crippen LogP contribution in [0.2, 0.25) is 0 Å². The van der Waals surface area contributed by atoms with Crippen molar-refractivity contribution in [2.75, 3.05) is 11.4 Å². The molecule has 3 aromatic carbocycles. The molecule has 0 N–H and O–H groups in total. The Morgan fingerprint density at radius 2 is 1.62 bits per heavy atom. The average molecular weight is 450 g/mol. The summed E-state index contributed by atoms with van der Waals surface area (Å²) >= 11 is 0. The molecule has 0 aliphatic carbocycles. The summed E-state index contributed by atoms with van der Waals surface area (Å²) in [6.45, 7) is 3.75. The van der Waals surface area contributed by atoms with Crippen LogP contribution >= 0.6 is 0 Å². The average Bonchev–Trinajstić information content (AvgIpc) is 3.26. The fourth-order valence-electron chi connectivity index (χ4n) is 3.28. The Labute approximate surface area is 187 Å². The normalized spacial score (nSPS) is 11.3. The highest BCUT2D eigenvalue weighted by Gasteiger charge is 2.27. The number of sulfonamides is 1. The van der Waals surface area contributed by atoms with Crippen molar-refractivity contribution in [3.63, 3.8) is 0 Å². The van der Waals surface area contributed by atoms with E-state index in [-0.39, 0.29) is 17.3 Å². The Morgan fingerprint density at radius 3 is 2.28 bits per heavy atom. The van der Waals surface area contributed by atoms with Gasteiger partial charge in [-0.2, -0.15) is 4.98 Å². The van der Waals surface area contributed by atoms with Crippen molar-refractivity contribution >= 4 is 15.7 Å². The highest BCUT2D eigenvalue weighted by atomic mass is 32.2. The molecule has 8 heteroatoms. The van der Waals surface area contributed by atoms with Gasteiger partial charge in [0.05, 0.1) is 17.7 Å². The first-order valence-corrected chi connectivity index (χ1v) is 11.4. The molecule has 0 bridgehead atoms. The molecule has 1 aromatic heterocycles. The number of anilines is 1. The number of hydrogen-bond donors (Lipinski definition) is 0. The highest BCUT2D eigenvalue weighted by molar-refractivity contribution is 7.92. The summed E-state index contributed by atoms with van der Waals surface area (Å²) in [4.78, 5) is 4.63. The van der Waals surface area contributed by atoms with Gasteiger partial charge in [-0.3, -0.25) is 4.31 Å². The summed E-state index contributed by atoms with van der Waals surface area (Å²) in [5.74, 6) is 1.23. The van der Waals surface area contributed by atoms with Crippen LogP contribution in [0.25, 0.3) is 11.4 Å². The van der Waals surface area contributed by atoms with Crippen molar-refractivity contribution in [3.05, 3.63) is 89.8 Å². The van der Waals surface area contributed by atoms with E-state index in [9.17, 15) is 8.42 Å². The van der Waals surface area contributed by atoms with Gasteiger partial charge in [0, 0.05) is 5.56 Å². The van der Waals surface area contributed by atoms with Crippen LogP contribution in [-0.4, -0.2) is 25.7 Å². The van der Waals surface area contributed by atoms with Gasteiger partial charge in [-0.1, -0.05) is 47.1 Å². The molecule has 0 aliphatic rings. The largest absolute Gasteiger partial charge is 0.497 e. The van der Waals surface area contributed by atoms with E-state index in [0.29, 0.717) is 17.3 Å². The summed E-state index contributed by atoms with van der Waals surface area (Å²) in [5, 5.41) is 4.06. The number of nitrogens with zero attached hydrogens (tertiary/aromatic N) is 3. The van der Waals surface area contributed by atoms with E-state index in [4.69, 9.17) is 9.26 Å². The van der Waals surface area contributed by atoms with E-state index in [1.165, 1.54) is 4.31 Å². The quantitative estimate of drug-likeness (QED) is 0.404. The number of methoxy groups -OCH3 is 1. The number of aryl methyl sites for hydroxylation is 2. The molecule has 0 aliphatic heterocycles. The molecule has 0 unspecified atom stereocenters. The summed E-state index contributed by atoms with van der Waals surface area (Å²) in [5.41, 5.74) is 3.26. The zero-order valence-corrected chi connectivity index (χ0v) is 18.8. The van der Waals surface area contributed by atoms with Crippen molar-refractivity contribution < 1.29 is 17.7 Å². The number of ether oxygens (including phenoxy) is 1. The summed E-state index contributed by atoms with van der Waals surface area (Å²) < 4.78 is 39.0. The van der Waals surface area contributed by atoms with Crippen LogP contribution in [0.1, 0.15) is 17.0 Å². The maximum absolute atomic E-state index is 13.5. The minimum Gasteiger partial charge on any atom is -0.497 e. The van der Waals surface area contributed by atoms with Crippen LogP contribution in [0.3, 0.4) is 0 Å². The number of benzene rings is 3. The first-order valence-electron chi connectivity index (χ1n) is 10.0. The van der Waals surface area contributed by atoms with Gasteiger partial charge in [0.1, 0.15) is 12.3 Å². The summed E-state index contributed by atoms with van der Waals surface area (Å²) in [6, 6.07) is 21.2. The van der Waals surface area contributed by atoms with E-state index >= 15 is 0 Å². The first kappa shape index (κ1) is 21.6. The highest BCUT2D eigenvalue weighted by Crippen LogP contribution is 2.28. The molecule has 1 heterocycles. The number of rotatable bonds is 7. The second kappa shape index (κ2) is 8.84. The molecule has 164 valence electrons. The molecule has 4 aromatic rings. The van der Waals surface area contributed by atoms with Gasteiger partial charge in [-0.25, -0.2) is 8.42 Å². The second-order valence-electron chi connectivity index (χ2n) is 7.35. The lowest BCUT2D eigenvalue weighted by Crippen LogP contribution is -2.30. The topological polar surface area (TPSA) is 85.5 Å². The van der Waals surface area contributed by atoms with Crippen molar-refractivity contribution in [3.8, 4) is 17.1 Å². The lowest BCUT2D eigenvalue weighted by molar-refractivity contribution is 0.380. The van der Waals surface area contributed by atoms with Gasteiger partial charge in [-0.05, 0) is 55.8 Å². The second-order valence-corrected chi connectivity index (χ2v) is 9.21. The van der Waals surface area contributed by atoms with Crippen LogP contribution in [0, 0.1) is 13.8 Å². The molecule has 0 amide bonds. The lowest BCUT2D eigenvalue weighted by Gasteiger charge is -2.23. The van der Waals surface area contributed by atoms with Crippen molar-refractivity contribution in [2.45, 2.75) is 25.3 Å². The molecule has 0 spiro atoms. The minimum absolute atomic E-state index is 0.110. The first-order chi connectivity index (χ1) is 15.4. The third kappa shape index (κ3) is 4.36. The Kier molecular flexibility index (Phi) is 5.96. The molecular weight excluding hydrogens is 426 g/mol. The number of hydrogen-bond acceptors (Lipinski definition) is 6. The van der Waals surface area contributed by atoms with Crippen LogP contribution < -0.4 is 9.04 Å². The molecule has 0 fully saturated rings. The zero-order chi connectivity index (χ0) is 22.7.